The number of amides is 1. The molecule has 0 spiro atoms. The van der Waals surface area contributed by atoms with Crippen LogP contribution in [0.15, 0.2) is 29.1 Å². The van der Waals surface area contributed by atoms with Crippen LogP contribution >= 0.6 is 11.3 Å². The van der Waals surface area contributed by atoms with Gasteiger partial charge in [-0.1, -0.05) is 0 Å². The fraction of sp³-hybridized carbons (Fsp3) is 0.500. The number of carbonyl (C=O) groups excluding carboxylic acids is 1. The Morgan fingerprint density at radius 1 is 1.46 bits per heavy atom. The number of piperidine rings is 1. The van der Waals surface area contributed by atoms with Crippen molar-refractivity contribution in [3.8, 4) is 0 Å². The molecule has 3 rings (SSSR count). The summed E-state index contributed by atoms with van der Waals surface area (Å²) >= 11 is 1.34. The standard InChI is InChI=1S/C14H19N5O3S2/c1-2-18-9-12(16-10-18)24(21,22)19-6-3-4-11(8-19)13(20)17-14-15-5-7-23-14/h5,7,9-11H,2-4,6,8H2,1H3,(H,15,17,20)/t11-/m1/s1. The third kappa shape index (κ3) is 3.50. The van der Waals surface area contributed by atoms with Gasteiger partial charge in [0.15, 0.2) is 10.2 Å². The summed E-state index contributed by atoms with van der Waals surface area (Å²) in [7, 11) is -3.67. The molecule has 10 heteroatoms. The molecule has 2 aromatic heterocycles. The average molecular weight is 369 g/mol. The lowest BCUT2D eigenvalue weighted by Crippen LogP contribution is -2.43. The summed E-state index contributed by atoms with van der Waals surface area (Å²) in [5.41, 5.74) is 0. The molecule has 8 nitrogen and oxygen atoms in total. The van der Waals surface area contributed by atoms with E-state index in [0.717, 1.165) is 0 Å². The van der Waals surface area contributed by atoms with Gasteiger partial charge in [-0.05, 0) is 19.8 Å². The van der Waals surface area contributed by atoms with Gasteiger partial charge in [0, 0.05) is 37.4 Å². The fourth-order valence-corrected chi connectivity index (χ4v) is 4.64. The molecule has 0 unspecified atom stereocenters. The van der Waals surface area contributed by atoms with Crippen molar-refractivity contribution in [2.24, 2.45) is 5.92 Å². The first-order valence-corrected chi connectivity index (χ1v) is 10.0. The lowest BCUT2D eigenvalue weighted by atomic mass is 9.99. The van der Waals surface area contributed by atoms with Crippen LogP contribution in [0.3, 0.4) is 0 Å². The number of sulfonamides is 1. The van der Waals surface area contributed by atoms with Crippen molar-refractivity contribution in [1.82, 2.24) is 18.8 Å². The first kappa shape index (κ1) is 17.1. The highest BCUT2D eigenvalue weighted by Gasteiger charge is 2.34. The van der Waals surface area contributed by atoms with Crippen LogP contribution in [0.2, 0.25) is 0 Å². The van der Waals surface area contributed by atoms with E-state index in [1.165, 1.54) is 28.2 Å². The highest BCUT2D eigenvalue weighted by atomic mass is 32.2. The van der Waals surface area contributed by atoms with Gasteiger partial charge in [-0.2, -0.15) is 4.31 Å². The molecule has 1 N–H and O–H groups in total. The monoisotopic (exact) mass is 369 g/mol. The molecular formula is C14H19N5O3S2. The van der Waals surface area contributed by atoms with Crippen LogP contribution in [0.25, 0.3) is 0 Å². The Kier molecular flexibility index (Phi) is 4.97. The number of nitrogens with zero attached hydrogens (tertiary/aromatic N) is 4. The zero-order chi connectivity index (χ0) is 17.2. The Bertz CT molecular complexity index is 800. The summed E-state index contributed by atoms with van der Waals surface area (Å²) in [5, 5.41) is 5.08. The van der Waals surface area contributed by atoms with E-state index in [2.05, 4.69) is 15.3 Å². The van der Waals surface area contributed by atoms with E-state index >= 15 is 0 Å². The van der Waals surface area contributed by atoms with Crippen LogP contribution < -0.4 is 5.32 Å². The fourth-order valence-electron chi connectivity index (χ4n) is 2.65. The minimum Gasteiger partial charge on any atom is -0.336 e. The normalized spacial score (nSPS) is 19.3. The molecule has 0 aliphatic carbocycles. The number of aromatic nitrogens is 3. The number of thiazole rings is 1. The van der Waals surface area contributed by atoms with Crippen molar-refractivity contribution in [1.29, 1.82) is 0 Å². The molecule has 1 amide bonds. The Morgan fingerprint density at radius 3 is 2.96 bits per heavy atom. The number of aryl methyl sites for hydroxylation is 1. The van der Waals surface area contributed by atoms with Gasteiger partial charge in [-0.3, -0.25) is 4.79 Å². The van der Waals surface area contributed by atoms with Gasteiger partial charge >= 0.3 is 0 Å². The van der Waals surface area contributed by atoms with Gasteiger partial charge in [-0.25, -0.2) is 18.4 Å². The summed E-state index contributed by atoms with van der Waals surface area (Å²) in [6.07, 6.45) is 5.94. The molecule has 0 aromatic carbocycles. The van der Waals surface area contributed by atoms with E-state index < -0.39 is 10.0 Å². The molecule has 0 bridgehead atoms. The van der Waals surface area contributed by atoms with Gasteiger partial charge in [-0.15, -0.1) is 11.3 Å². The minimum atomic E-state index is -3.67. The molecule has 1 atom stereocenters. The molecule has 1 aliphatic heterocycles. The summed E-state index contributed by atoms with van der Waals surface area (Å²) in [5.74, 6) is -0.574. The van der Waals surface area contributed by atoms with Crippen LogP contribution in [0.1, 0.15) is 19.8 Å². The van der Waals surface area contributed by atoms with Crippen LogP contribution in [-0.4, -0.2) is 46.3 Å². The van der Waals surface area contributed by atoms with Gasteiger partial charge < -0.3 is 9.88 Å². The minimum absolute atomic E-state index is 0.0327. The Hall–Kier alpha value is -1.78. The highest BCUT2D eigenvalue weighted by Crippen LogP contribution is 2.24. The Labute approximate surface area is 144 Å². The van der Waals surface area contributed by atoms with E-state index in [1.807, 2.05) is 6.92 Å². The second-order valence-electron chi connectivity index (χ2n) is 5.57. The van der Waals surface area contributed by atoms with Crippen molar-refractivity contribution in [3.05, 3.63) is 24.1 Å². The predicted octanol–water partition coefficient (Wildman–Crippen LogP) is 1.40. The summed E-state index contributed by atoms with van der Waals surface area (Å²) < 4.78 is 28.5. The van der Waals surface area contributed by atoms with Gasteiger partial charge in [0.2, 0.25) is 5.91 Å². The molecule has 0 saturated carbocycles. The lowest BCUT2D eigenvalue weighted by Gasteiger charge is -2.30. The maximum Gasteiger partial charge on any atom is 0.262 e. The number of hydrogen-bond donors (Lipinski definition) is 1. The summed E-state index contributed by atoms with van der Waals surface area (Å²) in [6.45, 7) is 3.14. The molecular weight excluding hydrogens is 350 g/mol. The predicted molar refractivity (Wildman–Crippen MR) is 90.1 cm³/mol. The van der Waals surface area contributed by atoms with Gasteiger partial charge in [0.05, 0.1) is 12.2 Å². The van der Waals surface area contributed by atoms with Gasteiger partial charge in [0.25, 0.3) is 10.0 Å². The van der Waals surface area contributed by atoms with Crippen molar-refractivity contribution >= 4 is 32.4 Å². The maximum atomic E-state index is 12.7. The third-order valence-electron chi connectivity index (χ3n) is 4.00. The Balaban J connectivity index is 1.71. The van der Waals surface area contributed by atoms with Crippen molar-refractivity contribution in [3.63, 3.8) is 0 Å². The van der Waals surface area contributed by atoms with E-state index in [4.69, 9.17) is 0 Å². The number of anilines is 1. The highest BCUT2D eigenvalue weighted by molar-refractivity contribution is 7.89. The number of carbonyl (C=O) groups is 1. The number of imidazole rings is 1. The molecule has 130 valence electrons. The first-order chi connectivity index (χ1) is 11.5. The van der Waals surface area contributed by atoms with E-state index in [9.17, 15) is 13.2 Å². The van der Waals surface area contributed by atoms with Crippen LogP contribution in [0.5, 0.6) is 0 Å². The summed E-state index contributed by atoms with van der Waals surface area (Å²) in [4.78, 5) is 20.3. The molecule has 2 aromatic rings. The van der Waals surface area contributed by atoms with E-state index in [0.29, 0.717) is 31.1 Å². The first-order valence-electron chi connectivity index (χ1n) is 7.73. The van der Waals surface area contributed by atoms with Crippen molar-refractivity contribution in [2.75, 3.05) is 18.4 Å². The molecule has 0 radical (unpaired) electrons. The van der Waals surface area contributed by atoms with Crippen molar-refractivity contribution in [2.45, 2.75) is 31.3 Å². The topological polar surface area (TPSA) is 97.2 Å². The third-order valence-corrected chi connectivity index (χ3v) is 6.44. The average Bonchev–Trinajstić information content (AvgIpc) is 3.26. The quantitative estimate of drug-likeness (QED) is 0.859. The molecule has 1 saturated heterocycles. The van der Waals surface area contributed by atoms with E-state index in [-0.39, 0.29) is 23.4 Å². The maximum absolute atomic E-state index is 12.7. The molecule has 1 fully saturated rings. The van der Waals surface area contributed by atoms with Crippen LogP contribution in [0.4, 0.5) is 5.13 Å². The Morgan fingerprint density at radius 2 is 2.29 bits per heavy atom. The van der Waals surface area contributed by atoms with Crippen LogP contribution in [0, 0.1) is 5.92 Å². The van der Waals surface area contributed by atoms with E-state index in [1.54, 1.807) is 16.1 Å². The number of hydrogen-bond acceptors (Lipinski definition) is 6. The largest absolute Gasteiger partial charge is 0.336 e. The van der Waals surface area contributed by atoms with Crippen LogP contribution in [-0.2, 0) is 21.4 Å². The van der Waals surface area contributed by atoms with Gasteiger partial charge in [0.1, 0.15) is 0 Å². The number of nitrogens with one attached hydrogen (secondary N) is 1. The second-order valence-corrected chi connectivity index (χ2v) is 8.35. The zero-order valence-electron chi connectivity index (χ0n) is 13.3. The van der Waals surface area contributed by atoms with Crippen molar-refractivity contribution < 1.29 is 13.2 Å². The second kappa shape index (κ2) is 6.99. The molecule has 1 aliphatic rings. The smallest absolute Gasteiger partial charge is 0.262 e. The molecule has 3 heterocycles. The number of rotatable bonds is 5. The summed E-state index contributed by atoms with van der Waals surface area (Å²) in [6, 6.07) is 0. The SMILES string of the molecule is CCn1cnc(S(=O)(=O)N2CCC[C@@H](C(=O)Nc3nccs3)C2)c1. The lowest BCUT2D eigenvalue weighted by molar-refractivity contribution is -0.120. The molecule has 24 heavy (non-hydrogen) atoms. The zero-order valence-corrected chi connectivity index (χ0v) is 14.9.